The third kappa shape index (κ3) is 4.96. The summed E-state index contributed by atoms with van der Waals surface area (Å²) in [4.78, 5) is 15.7. The van der Waals surface area contributed by atoms with Crippen LogP contribution < -0.4 is 14.8 Å². The monoisotopic (exact) mass is 306 g/mol. The van der Waals surface area contributed by atoms with Gasteiger partial charge in [-0.25, -0.2) is 4.98 Å². The van der Waals surface area contributed by atoms with Crippen LogP contribution in [0.3, 0.4) is 0 Å². The van der Waals surface area contributed by atoms with E-state index >= 15 is 0 Å². The number of nitrogens with zero attached hydrogens (tertiary/aromatic N) is 1. The Bertz CT molecular complexity index is 602. The van der Waals surface area contributed by atoms with Gasteiger partial charge in [-0.3, -0.25) is 4.79 Å². The van der Waals surface area contributed by atoms with Crippen molar-refractivity contribution in [3.63, 3.8) is 0 Å². The molecule has 0 unspecified atom stereocenters. The molecule has 6 heteroatoms. The maximum atomic E-state index is 11.7. The minimum Gasteiger partial charge on any atom is -0.494 e. The van der Waals surface area contributed by atoms with Gasteiger partial charge in [0.2, 0.25) is 0 Å². The van der Waals surface area contributed by atoms with E-state index in [2.05, 4.69) is 10.3 Å². The Labute approximate surface area is 127 Å². The summed E-state index contributed by atoms with van der Waals surface area (Å²) < 4.78 is 10.7. The number of pyridine rings is 1. The fourth-order valence-corrected chi connectivity index (χ4v) is 1.76. The molecule has 0 aliphatic heterocycles. The van der Waals surface area contributed by atoms with Crippen molar-refractivity contribution >= 4 is 23.3 Å². The maximum absolute atomic E-state index is 11.7. The van der Waals surface area contributed by atoms with Crippen LogP contribution in [0.2, 0.25) is 5.02 Å². The zero-order valence-electron chi connectivity index (χ0n) is 11.5. The number of halogens is 1. The summed E-state index contributed by atoms with van der Waals surface area (Å²) in [6.45, 7) is 2.41. The summed E-state index contributed by atoms with van der Waals surface area (Å²) in [5, 5.41) is 3.11. The number of benzene rings is 1. The molecule has 0 atom stereocenters. The molecule has 1 heterocycles. The summed E-state index contributed by atoms with van der Waals surface area (Å²) in [6, 6.07) is 10.3. The van der Waals surface area contributed by atoms with Gasteiger partial charge < -0.3 is 14.8 Å². The van der Waals surface area contributed by atoms with Crippen molar-refractivity contribution in [2.24, 2.45) is 0 Å². The Morgan fingerprint density at radius 1 is 1.19 bits per heavy atom. The van der Waals surface area contributed by atoms with Gasteiger partial charge >= 0.3 is 0 Å². The minimum absolute atomic E-state index is 0.109. The van der Waals surface area contributed by atoms with Crippen LogP contribution in [-0.4, -0.2) is 24.1 Å². The fraction of sp³-hybridized carbons (Fsp3) is 0.200. The molecule has 110 valence electrons. The standard InChI is InChI=1S/C15H15ClN2O3/c1-2-20-12-3-5-13(6-4-12)21-10-15(19)18-14-9-11(16)7-8-17-14/h3-9H,2,10H2,1H3,(H,17,18,19). The Hall–Kier alpha value is -2.27. The lowest BCUT2D eigenvalue weighted by molar-refractivity contribution is -0.118. The van der Waals surface area contributed by atoms with Gasteiger partial charge in [0.15, 0.2) is 6.61 Å². The van der Waals surface area contributed by atoms with Crippen LogP contribution in [0.5, 0.6) is 11.5 Å². The number of carbonyl (C=O) groups excluding carboxylic acids is 1. The quantitative estimate of drug-likeness (QED) is 0.890. The highest BCUT2D eigenvalue weighted by atomic mass is 35.5. The smallest absolute Gasteiger partial charge is 0.263 e. The summed E-state index contributed by atoms with van der Waals surface area (Å²) in [7, 11) is 0. The highest BCUT2D eigenvalue weighted by Gasteiger charge is 2.05. The summed E-state index contributed by atoms with van der Waals surface area (Å²) in [5.41, 5.74) is 0. The summed E-state index contributed by atoms with van der Waals surface area (Å²) in [6.07, 6.45) is 1.52. The largest absolute Gasteiger partial charge is 0.494 e. The molecular formula is C15H15ClN2O3. The average molecular weight is 307 g/mol. The lowest BCUT2D eigenvalue weighted by Crippen LogP contribution is -2.20. The van der Waals surface area contributed by atoms with Crippen LogP contribution in [0.25, 0.3) is 0 Å². The van der Waals surface area contributed by atoms with E-state index in [0.717, 1.165) is 5.75 Å². The minimum atomic E-state index is -0.307. The molecule has 2 aromatic rings. The second kappa shape index (κ2) is 7.50. The molecule has 0 saturated heterocycles. The van der Waals surface area contributed by atoms with E-state index < -0.39 is 0 Å². The Morgan fingerprint density at radius 2 is 1.86 bits per heavy atom. The number of ether oxygens (including phenoxy) is 2. The summed E-state index contributed by atoms with van der Waals surface area (Å²) in [5.74, 6) is 1.44. The van der Waals surface area contributed by atoms with Gasteiger partial charge in [-0.15, -0.1) is 0 Å². The molecular weight excluding hydrogens is 292 g/mol. The van der Waals surface area contributed by atoms with Crippen LogP contribution in [0.1, 0.15) is 6.92 Å². The van der Waals surface area contributed by atoms with E-state index in [1.807, 2.05) is 6.92 Å². The third-order valence-electron chi connectivity index (χ3n) is 2.49. The number of nitrogens with one attached hydrogen (secondary N) is 1. The number of carbonyl (C=O) groups is 1. The van der Waals surface area contributed by atoms with Crippen molar-refractivity contribution in [3.05, 3.63) is 47.6 Å². The molecule has 1 N–H and O–H groups in total. The number of hydrogen-bond acceptors (Lipinski definition) is 4. The van der Waals surface area contributed by atoms with Crippen molar-refractivity contribution < 1.29 is 14.3 Å². The number of hydrogen-bond donors (Lipinski definition) is 1. The van der Waals surface area contributed by atoms with Crippen molar-refractivity contribution in [2.45, 2.75) is 6.92 Å². The van der Waals surface area contributed by atoms with Gasteiger partial charge in [0.25, 0.3) is 5.91 Å². The molecule has 0 fully saturated rings. The first kappa shape index (κ1) is 15.1. The lowest BCUT2D eigenvalue weighted by atomic mass is 10.3. The SMILES string of the molecule is CCOc1ccc(OCC(=O)Nc2cc(Cl)ccn2)cc1. The molecule has 0 bridgehead atoms. The van der Waals surface area contributed by atoms with Crippen molar-refractivity contribution in [2.75, 3.05) is 18.5 Å². The number of rotatable bonds is 6. The maximum Gasteiger partial charge on any atom is 0.263 e. The van der Waals surface area contributed by atoms with E-state index in [1.54, 1.807) is 36.4 Å². The van der Waals surface area contributed by atoms with Crippen molar-refractivity contribution in [1.29, 1.82) is 0 Å². The van der Waals surface area contributed by atoms with E-state index in [-0.39, 0.29) is 12.5 Å². The second-order valence-electron chi connectivity index (χ2n) is 4.10. The van der Waals surface area contributed by atoms with E-state index in [1.165, 1.54) is 6.20 Å². The molecule has 0 radical (unpaired) electrons. The zero-order valence-corrected chi connectivity index (χ0v) is 12.3. The third-order valence-corrected chi connectivity index (χ3v) is 2.73. The van der Waals surface area contributed by atoms with Gasteiger partial charge in [0, 0.05) is 11.2 Å². The molecule has 0 aliphatic rings. The molecule has 0 saturated carbocycles. The molecule has 2 rings (SSSR count). The van der Waals surface area contributed by atoms with Crippen molar-refractivity contribution in [3.8, 4) is 11.5 Å². The first-order valence-electron chi connectivity index (χ1n) is 6.44. The van der Waals surface area contributed by atoms with Crippen LogP contribution >= 0.6 is 11.6 Å². The molecule has 0 aliphatic carbocycles. The Morgan fingerprint density at radius 3 is 2.48 bits per heavy atom. The Balaban J connectivity index is 1.83. The molecule has 21 heavy (non-hydrogen) atoms. The highest BCUT2D eigenvalue weighted by Crippen LogP contribution is 2.17. The van der Waals surface area contributed by atoms with Gasteiger partial charge in [-0.05, 0) is 43.3 Å². The normalized spacial score (nSPS) is 10.0. The molecule has 1 aromatic heterocycles. The molecule has 0 spiro atoms. The highest BCUT2D eigenvalue weighted by molar-refractivity contribution is 6.30. The van der Waals surface area contributed by atoms with Crippen LogP contribution in [0, 0.1) is 0 Å². The van der Waals surface area contributed by atoms with Crippen LogP contribution in [-0.2, 0) is 4.79 Å². The molecule has 1 aromatic carbocycles. The second-order valence-corrected chi connectivity index (χ2v) is 4.54. The topological polar surface area (TPSA) is 60.5 Å². The van der Waals surface area contributed by atoms with E-state index in [0.29, 0.717) is 23.2 Å². The molecule has 1 amide bonds. The predicted molar refractivity (Wildman–Crippen MR) is 81.0 cm³/mol. The van der Waals surface area contributed by atoms with Crippen LogP contribution in [0.4, 0.5) is 5.82 Å². The Kier molecular flexibility index (Phi) is 5.40. The molecule has 5 nitrogen and oxygen atoms in total. The zero-order chi connectivity index (χ0) is 15.1. The fourth-order valence-electron chi connectivity index (χ4n) is 1.60. The van der Waals surface area contributed by atoms with Gasteiger partial charge in [0.1, 0.15) is 17.3 Å². The van der Waals surface area contributed by atoms with Gasteiger partial charge in [-0.2, -0.15) is 0 Å². The first-order chi connectivity index (χ1) is 10.2. The van der Waals surface area contributed by atoms with E-state index in [4.69, 9.17) is 21.1 Å². The number of anilines is 1. The average Bonchev–Trinajstić information content (AvgIpc) is 2.47. The van der Waals surface area contributed by atoms with E-state index in [9.17, 15) is 4.79 Å². The van der Waals surface area contributed by atoms with Crippen molar-refractivity contribution in [1.82, 2.24) is 4.98 Å². The van der Waals surface area contributed by atoms with Gasteiger partial charge in [-0.1, -0.05) is 11.6 Å². The summed E-state index contributed by atoms with van der Waals surface area (Å²) >= 11 is 5.81. The van der Waals surface area contributed by atoms with Crippen LogP contribution in [0.15, 0.2) is 42.6 Å². The first-order valence-corrected chi connectivity index (χ1v) is 6.82. The predicted octanol–water partition coefficient (Wildman–Crippen LogP) is 3.15. The lowest BCUT2D eigenvalue weighted by Gasteiger charge is -2.08. The van der Waals surface area contributed by atoms with Gasteiger partial charge in [0.05, 0.1) is 6.61 Å². The number of amides is 1. The number of aromatic nitrogens is 1.